The van der Waals surface area contributed by atoms with Crippen molar-refractivity contribution in [2.45, 2.75) is 12.8 Å². The number of carbonyl (C=O) groups excluding carboxylic acids is 1. The fraction of sp³-hybridized carbons (Fsp3) is 0.583. The van der Waals surface area contributed by atoms with Crippen LogP contribution < -0.4 is 5.32 Å². The minimum atomic E-state index is 0.202. The van der Waals surface area contributed by atoms with E-state index in [0.29, 0.717) is 17.6 Å². The molecule has 3 atom stereocenters. The predicted octanol–water partition coefficient (Wildman–Crippen LogP) is 1.71. The second-order valence-corrected chi connectivity index (χ2v) is 4.69. The molecule has 1 aromatic rings. The topological polar surface area (TPSA) is 42.2 Å². The molecule has 15 heavy (non-hydrogen) atoms. The van der Waals surface area contributed by atoms with Crippen LogP contribution in [0.2, 0.25) is 0 Å². The summed E-state index contributed by atoms with van der Waals surface area (Å²) in [7, 11) is 0. The summed E-state index contributed by atoms with van der Waals surface area (Å²) < 4.78 is 5.16. The van der Waals surface area contributed by atoms with Crippen LogP contribution in [0.15, 0.2) is 22.8 Å². The van der Waals surface area contributed by atoms with E-state index >= 15 is 0 Å². The third kappa shape index (κ3) is 1.51. The third-order valence-electron chi connectivity index (χ3n) is 3.79. The van der Waals surface area contributed by atoms with Crippen LogP contribution in [0.1, 0.15) is 23.4 Å². The molecule has 2 fully saturated rings. The number of fused-ring (bicyclic) bond motifs is 1. The standard InChI is InChI=1S/C12H15NO2/c14-12(11-2-1-3-15-11)8-4-9-6-13-7-10(9)5-8/h1-3,8-10,13H,4-7H2/t8-,9-,10+. The van der Waals surface area contributed by atoms with Crippen molar-refractivity contribution in [1.82, 2.24) is 5.32 Å². The summed E-state index contributed by atoms with van der Waals surface area (Å²) in [6.07, 6.45) is 3.65. The van der Waals surface area contributed by atoms with Gasteiger partial charge in [0.1, 0.15) is 0 Å². The number of rotatable bonds is 2. The molecule has 2 aliphatic rings. The van der Waals surface area contributed by atoms with E-state index in [1.807, 2.05) is 0 Å². The van der Waals surface area contributed by atoms with Gasteiger partial charge in [-0.25, -0.2) is 0 Å². The third-order valence-corrected chi connectivity index (χ3v) is 3.79. The fourth-order valence-corrected chi connectivity index (χ4v) is 3.00. The van der Waals surface area contributed by atoms with E-state index in [-0.39, 0.29) is 11.7 Å². The first-order valence-corrected chi connectivity index (χ1v) is 5.63. The van der Waals surface area contributed by atoms with E-state index in [0.717, 1.165) is 25.9 Å². The summed E-state index contributed by atoms with van der Waals surface area (Å²) in [6, 6.07) is 3.55. The highest BCUT2D eigenvalue weighted by atomic mass is 16.3. The molecule has 1 aliphatic carbocycles. The minimum Gasteiger partial charge on any atom is -0.461 e. The first-order valence-electron chi connectivity index (χ1n) is 5.63. The Morgan fingerprint density at radius 1 is 1.33 bits per heavy atom. The molecule has 0 bridgehead atoms. The van der Waals surface area contributed by atoms with Gasteiger partial charge in [0.25, 0.3) is 0 Å². The molecule has 0 amide bonds. The van der Waals surface area contributed by atoms with Crippen LogP contribution in [0.5, 0.6) is 0 Å². The lowest BCUT2D eigenvalue weighted by atomic mass is 9.99. The summed E-state index contributed by atoms with van der Waals surface area (Å²) in [5, 5.41) is 3.38. The van der Waals surface area contributed by atoms with Crippen molar-refractivity contribution in [3.05, 3.63) is 24.2 Å². The van der Waals surface area contributed by atoms with E-state index in [9.17, 15) is 4.79 Å². The number of ketones is 1. The van der Waals surface area contributed by atoms with Crippen molar-refractivity contribution in [3.8, 4) is 0 Å². The van der Waals surface area contributed by atoms with Gasteiger partial charge in [0.05, 0.1) is 6.26 Å². The number of hydrogen-bond acceptors (Lipinski definition) is 3. The number of hydrogen-bond donors (Lipinski definition) is 1. The first kappa shape index (κ1) is 9.16. The summed E-state index contributed by atoms with van der Waals surface area (Å²) >= 11 is 0. The normalized spacial score (nSPS) is 34.3. The Bertz CT molecular complexity index is 346. The highest BCUT2D eigenvalue weighted by Crippen LogP contribution is 2.39. The minimum absolute atomic E-state index is 0.202. The summed E-state index contributed by atoms with van der Waals surface area (Å²) in [5.41, 5.74) is 0. The molecule has 3 nitrogen and oxygen atoms in total. The second-order valence-electron chi connectivity index (χ2n) is 4.69. The molecule has 1 saturated carbocycles. The van der Waals surface area contributed by atoms with Crippen molar-refractivity contribution in [3.63, 3.8) is 0 Å². The zero-order valence-corrected chi connectivity index (χ0v) is 8.61. The zero-order valence-electron chi connectivity index (χ0n) is 8.61. The highest BCUT2D eigenvalue weighted by Gasteiger charge is 2.40. The molecule has 2 heterocycles. The average Bonchev–Trinajstić information content (AvgIpc) is 2.92. The van der Waals surface area contributed by atoms with Crippen LogP contribution in [0.4, 0.5) is 0 Å². The van der Waals surface area contributed by atoms with Gasteiger partial charge in [0.15, 0.2) is 5.76 Å². The van der Waals surface area contributed by atoms with Crippen LogP contribution in [0.25, 0.3) is 0 Å². The van der Waals surface area contributed by atoms with E-state index < -0.39 is 0 Å². The van der Waals surface area contributed by atoms with Gasteiger partial charge in [0, 0.05) is 5.92 Å². The summed E-state index contributed by atoms with van der Waals surface area (Å²) in [6.45, 7) is 2.18. The van der Waals surface area contributed by atoms with Crippen LogP contribution in [0.3, 0.4) is 0 Å². The molecule has 1 aromatic heterocycles. The average molecular weight is 205 g/mol. The van der Waals surface area contributed by atoms with Gasteiger partial charge in [-0.3, -0.25) is 4.79 Å². The van der Waals surface area contributed by atoms with E-state index in [2.05, 4.69) is 5.32 Å². The van der Waals surface area contributed by atoms with Crippen molar-refractivity contribution >= 4 is 5.78 Å². The molecule has 3 rings (SSSR count). The molecule has 1 aliphatic heterocycles. The lowest BCUT2D eigenvalue weighted by molar-refractivity contribution is 0.0889. The van der Waals surface area contributed by atoms with E-state index in [1.165, 1.54) is 0 Å². The maximum Gasteiger partial charge on any atom is 0.201 e. The van der Waals surface area contributed by atoms with Gasteiger partial charge in [-0.2, -0.15) is 0 Å². The van der Waals surface area contributed by atoms with Crippen molar-refractivity contribution in [2.24, 2.45) is 17.8 Å². The maximum absolute atomic E-state index is 12.0. The Morgan fingerprint density at radius 3 is 2.67 bits per heavy atom. The second kappa shape index (κ2) is 3.49. The van der Waals surface area contributed by atoms with Crippen molar-refractivity contribution < 1.29 is 9.21 Å². The van der Waals surface area contributed by atoms with E-state index in [4.69, 9.17) is 4.42 Å². The number of furan rings is 1. The Labute approximate surface area is 88.8 Å². The molecule has 1 N–H and O–H groups in total. The summed E-state index contributed by atoms with van der Waals surface area (Å²) in [4.78, 5) is 12.0. The Morgan fingerprint density at radius 2 is 2.07 bits per heavy atom. The lowest BCUT2D eigenvalue weighted by Crippen LogP contribution is -2.16. The molecule has 0 aromatic carbocycles. The number of Topliss-reactive ketones (excluding diaryl/α,β-unsaturated/α-hetero) is 1. The molecule has 0 radical (unpaired) electrons. The molecule has 0 spiro atoms. The molecule has 3 heteroatoms. The van der Waals surface area contributed by atoms with Gasteiger partial charge in [0.2, 0.25) is 5.78 Å². The predicted molar refractivity (Wildman–Crippen MR) is 55.6 cm³/mol. The highest BCUT2D eigenvalue weighted by molar-refractivity contribution is 5.95. The van der Waals surface area contributed by atoms with E-state index in [1.54, 1.807) is 18.4 Å². The SMILES string of the molecule is O=C(c1ccco1)[C@H]1C[C@H]2CNC[C@H]2C1. The number of carbonyl (C=O) groups is 1. The maximum atomic E-state index is 12.0. The largest absolute Gasteiger partial charge is 0.461 e. The Kier molecular flexibility index (Phi) is 2.13. The Balaban J connectivity index is 1.72. The quantitative estimate of drug-likeness (QED) is 0.747. The monoisotopic (exact) mass is 205 g/mol. The molecule has 1 saturated heterocycles. The fourth-order valence-electron chi connectivity index (χ4n) is 3.00. The van der Waals surface area contributed by atoms with Crippen molar-refractivity contribution in [2.75, 3.05) is 13.1 Å². The van der Waals surface area contributed by atoms with Crippen molar-refractivity contribution in [1.29, 1.82) is 0 Å². The Hall–Kier alpha value is -1.09. The molecule has 0 unspecified atom stereocenters. The van der Waals surface area contributed by atoms with Gasteiger partial charge < -0.3 is 9.73 Å². The first-order chi connectivity index (χ1) is 7.34. The smallest absolute Gasteiger partial charge is 0.201 e. The van der Waals surface area contributed by atoms with Gasteiger partial charge in [-0.05, 0) is 49.9 Å². The van der Waals surface area contributed by atoms with Gasteiger partial charge in [-0.1, -0.05) is 0 Å². The molecule has 80 valence electrons. The number of nitrogens with one attached hydrogen (secondary N) is 1. The molecular weight excluding hydrogens is 190 g/mol. The van der Waals surface area contributed by atoms with Crippen LogP contribution in [-0.2, 0) is 0 Å². The van der Waals surface area contributed by atoms with Gasteiger partial charge >= 0.3 is 0 Å². The molecular formula is C12H15NO2. The van der Waals surface area contributed by atoms with Crippen LogP contribution >= 0.6 is 0 Å². The van der Waals surface area contributed by atoms with Crippen LogP contribution in [-0.4, -0.2) is 18.9 Å². The lowest BCUT2D eigenvalue weighted by Gasteiger charge is -2.07. The van der Waals surface area contributed by atoms with Gasteiger partial charge in [-0.15, -0.1) is 0 Å². The van der Waals surface area contributed by atoms with Crippen LogP contribution in [0, 0.1) is 17.8 Å². The zero-order chi connectivity index (χ0) is 10.3. The summed E-state index contributed by atoms with van der Waals surface area (Å²) in [5.74, 6) is 2.37.